The third-order valence-electron chi connectivity index (χ3n) is 4.18. The van der Waals surface area contributed by atoms with Gasteiger partial charge in [-0.1, -0.05) is 15.9 Å². The van der Waals surface area contributed by atoms with E-state index >= 15 is 0 Å². The van der Waals surface area contributed by atoms with E-state index in [0.717, 1.165) is 4.47 Å². The molecule has 0 aliphatic rings. The lowest BCUT2D eigenvalue weighted by molar-refractivity contribution is -0.0498. The van der Waals surface area contributed by atoms with Gasteiger partial charge in [0.25, 0.3) is 5.91 Å². The molecule has 0 unspecified atom stereocenters. The second-order valence-electron chi connectivity index (χ2n) is 6.40. The van der Waals surface area contributed by atoms with Crippen LogP contribution in [-0.4, -0.2) is 17.5 Å². The van der Waals surface area contributed by atoms with Gasteiger partial charge in [-0.25, -0.2) is 4.98 Å². The van der Waals surface area contributed by atoms with E-state index in [1.807, 2.05) is 24.3 Å². The number of carbonyl (C=O) groups excluding carboxylic acids is 1. The summed E-state index contributed by atoms with van der Waals surface area (Å²) >= 11 is 4.59. The summed E-state index contributed by atoms with van der Waals surface area (Å²) in [6.07, 6.45) is 0. The molecule has 0 atom stereocenters. The minimum Gasteiger partial charge on any atom is -0.486 e. The van der Waals surface area contributed by atoms with E-state index in [4.69, 9.17) is 9.15 Å². The third-order valence-corrected chi connectivity index (χ3v) is 5.47. The Morgan fingerprint density at radius 2 is 1.78 bits per heavy atom. The zero-order valence-corrected chi connectivity index (χ0v) is 18.7. The zero-order chi connectivity index (χ0) is 22.5. The average Bonchev–Trinajstić information content (AvgIpc) is 3.43. The lowest BCUT2D eigenvalue weighted by Crippen LogP contribution is -2.10. The second kappa shape index (κ2) is 9.92. The van der Waals surface area contributed by atoms with Crippen LogP contribution in [0.2, 0.25) is 0 Å². The largest absolute Gasteiger partial charge is 0.486 e. The lowest BCUT2D eigenvalue weighted by atomic mass is 10.2. The smallest absolute Gasteiger partial charge is 0.387 e. The number of carbonyl (C=O) groups is 1. The Balaban J connectivity index is 1.34. The number of halogens is 3. The number of ether oxygens (including phenoxy) is 2. The summed E-state index contributed by atoms with van der Waals surface area (Å²) < 4.78 is 41.0. The summed E-state index contributed by atoms with van der Waals surface area (Å²) in [6, 6.07) is 16.7. The van der Waals surface area contributed by atoms with Crippen molar-refractivity contribution in [2.75, 3.05) is 5.32 Å². The molecule has 10 heteroatoms. The van der Waals surface area contributed by atoms with Gasteiger partial charge in [0.15, 0.2) is 10.9 Å². The van der Waals surface area contributed by atoms with Gasteiger partial charge in [0.2, 0.25) is 0 Å². The van der Waals surface area contributed by atoms with E-state index in [1.165, 1.54) is 23.5 Å². The number of hydrogen-bond acceptors (Lipinski definition) is 6. The first-order valence-corrected chi connectivity index (χ1v) is 10.9. The quantitative estimate of drug-likeness (QED) is 0.283. The van der Waals surface area contributed by atoms with E-state index in [2.05, 4.69) is 31.0 Å². The van der Waals surface area contributed by atoms with Crippen molar-refractivity contribution in [3.8, 4) is 22.8 Å². The van der Waals surface area contributed by atoms with Gasteiger partial charge in [0.05, 0.1) is 5.69 Å². The highest BCUT2D eigenvalue weighted by Gasteiger charge is 2.14. The Morgan fingerprint density at radius 1 is 1.06 bits per heavy atom. The van der Waals surface area contributed by atoms with Gasteiger partial charge in [-0.2, -0.15) is 8.78 Å². The average molecular weight is 521 g/mol. The summed E-state index contributed by atoms with van der Waals surface area (Å²) in [5.41, 5.74) is 1.30. The van der Waals surface area contributed by atoms with Crippen LogP contribution in [0.25, 0.3) is 11.3 Å². The number of hydrogen-bond donors (Lipinski definition) is 1. The van der Waals surface area contributed by atoms with Crippen molar-refractivity contribution in [1.29, 1.82) is 0 Å². The molecule has 6 nitrogen and oxygen atoms in total. The van der Waals surface area contributed by atoms with E-state index in [0.29, 0.717) is 27.9 Å². The first-order valence-electron chi connectivity index (χ1n) is 9.25. The lowest BCUT2D eigenvalue weighted by Gasteiger charge is -2.04. The standard InChI is InChI=1S/C22H15BrF2N2O4S/c23-14-3-7-15(8-4-14)29-11-17-9-10-19(30-17)20(28)27-22-26-18(12-32-22)13-1-5-16(6-2-13)31-21(24)25/h1-10,12,21H,11H2,(H,26,27,28). The molecule has 0 fully saturated rings. The van der Waals surface area contributed by atoms with Crippen molar-refractivity contribution < 1.29 is 27.5 Å². The van der Waals surface area contributed by atoms with Crippen molar-refractivity contribution in [1.82, 2.24) is 4.98 Å². The van der Waals surface area contributed by atoms with Crippen LogP contribution in [0.1, 0.15) is 16.3 Å². The summed E-state index contributed by atoms with van der Waals surface area (Å²) in [6.45, 7) is -2.70. The molecule has 2 aromatic carbocycles. The van der Waals surface area contributed by atoms with Gasteiger partial charge in [-0.05, 0) is 60.7 Å². The van der Waals surface area contributed by atoms with E-state index in [9.17, 15) is 13.6 Å². The van der Waals surface area contributed by atoms with E-state index in [1.54, 1.807) is 29.6 Å². The van der Waals surface area contributed by atoms with Gasteiger partial charge < -0.3 is 13.9 Å². The van der Waals surface area contributed by atoms with Crippen LogP contribution in [0.15, 0.2) is 74.9 Å². The van der Waals surface area contributed by atoms with E-state index < -0.39 is 12.5 Å². The summed E-state index contributed by atoms with van der Waals surface area (Å²) in [4.78, 5) is 16.8. The number of rotatable bonds is 8. The molecule has 0 aliphatic heterocycles. The number of alkyl halides is 2. The summed E-state index contributed by atoms with van der Waals surface area (Å²) in [5.74, 6) is 0.931. The zero-order valence-electron chi connectivity index (χ0n) is 16.3. The maximum absolute atomic E-state index is 12.5. The fraction of sp³-hybridized carbons (Fsp3) is 0.0909. The van der Waals surface area contributed by atoms with Crippen LogP contribution in [0.4, 0.5) is 13.9 Å². The topological polar surface area (TPSA) is 73.6 Å². The Kier molecular flexibility index (Phi) is 6.81. The molecule has 164 valence electrons. The number of furan rings is 1. The molecule has 0 radical (unpaired) electrons. The molecule has 2 aromatic heterocycles. The van der Waals surface area contributed by atoms with Gasteiger partial charge in [0, 0.05) is 15.4 Å². The van der Waals surface area contributed by atoms with E-state index in [-0.39, 0.29) is 18.1 Å². The number of amides is 1. The fourth-order valence-corrected chi connectivity index (χ4v) is 3.67. The number of nitrogens with one attached hydrogen (secondary N) is 1. The minimum atomic E-state index is -2.88. The summed E-state index contributed by atoms with van der Waals surface area (Å²) in [5, 5.41) is 4.81. The Morgan fingerprint density at radius 3 is 2.50 bits per heavy atom. The Bertz CT molecular complexity index is 1190. The molecule has 0 saturated heterocycles. The van der Waals surface area contributed by atoms with Crippen LogP contribution in [0, 0.1) is 0 Å². The van der Waals surface area contributed by atoms with Crippen LogP contribution >= 0.6 is 27.3 Å². The fourth-order valence-electron chi connectivity index (χ4n) is 2.69. The first-order chi connectivity index (χ1) is 15.5. The highest BCUT2D eigenvalue weighted by atomic mass is 79.9. The maximum Gasteiger partial charge on any atom is 0.387 e. The molecule has 0 saturated carbocycles. The molecular formula is C22H15BrF2N2O4S. The number of aromatic nitrogens is 1. The molecule has 4 aromatic rings. The molecule has 1 amide bonds. The molecule has 4 rings (SSSR count). The van der Waals surface area contributed by atoms with Crippen LogP contribution in [-0.2, 0) is 6.61 Å². The maximum atomic E-state index is 12.5. The molecule has 0 aliphatic carbocycles. The summed E-state index contributed by atoms with van der Waals surface area (Å²) in [7, 11) is 0. The number of anilines is 1. The van der Waals surface area contributed by atoms with Crippen LogP contribution in [0.3, 0.4) is 0 Å². The Labute approximate surface area is 193 Å². The molecule has 32 heavy (non-hydrogen) atoms. The number of nitrogens with zero attached hydrogens (tertiary/aromatic N) is 1. The van der Waals surface area contributed by atoms with Gasteiger partial charge in [0.1, 0.15) is 23.9 Å². The SMILES string of the molecule is O=C(Nc1nc(-c2ccc(OC(F)F)cc2)cs1)c1ccc(COc2ccc(Br)cc2)o1. The van der Waals surface area contributed by atoms with Crippen molar-refractivity contribution >= 4 is 38.3 Å². The van der Waals surface area contributed by atoms with Gasteiger partial charge in [-0.3, -0.25) is 10.1 Å². The van der Waals surface area contributed by atoms with Crippen LogP contribution in [0.5, 0.6) is 11.5 Å². The third kappa shape index (κ3) is 5.71. The normalized spacial score (nSPS) is 10.9. The highest BCUT2D eigenvalue weighted by Crippen LogP contribution is 2.27. The molecule has 0 spiro atoms. The molecular weight excluding hydrogens is 506 g/mol. The number of benzene rings is 2. The number of thiazole rings is 1. The molecule has 2 heterocycles. The molecule has 1 N–H and O–H groups in total. The Hall–Kier alpha value is -3.24. The van der Waals surface area contributed by atoms with Gasteiger partial charge >= 0.3 is 6.61 Å². The predicted octanol–water partition coefficient (Wildman–Crippen LogP) is 6.60. The minimum absolute atomic E-state index is 0.0604. The van der Waals surface area contributed by atoms with Crippen molar-refractivity contribution in [3.05, 3.63) is 82.0 Å². The highest BCUT2D eigenvalue weighted by molar-refractivity contribution is 9.10. The van der Waals surface area contributed by atoms with Crippen LogP contribution < -0.4 is 14.8 Å². The monoisotopic (exact) mass is 520 g/mol. The van der Waals surface area contributed by atoms with Crippen molar-refractivity contribution in [2.24, 2.45) is 0 Å². The predicted molar refractivity (Wildman–Crippen MR) is 119 cm³/mol. The van der Waals surface area contributed by atoms with Crippen molar-refractivity contribution in [3.63, 3.8) is 0 Å². The second-order valence-corrected chi connectivity index (χ2v) is 8.18. The molecule has 0 bridgehead atoms. The van der Waals surface area contributed by atoms with Crippen molar-refractivity contribution in [2.45, 2.75) is 13.2 Å². The van der Waals surface area contributed by atoms with Gasteiger partial charge in [-0.15, -0.1) is 11.3 Å². The first kappa shape index (κ1) is 22.0.